The number of rotatable bonds is 1. The Balaban J connectivity index is 2.79. The van der Waals surface area contributed by atoms with Crippen LogP contribution in [0.2, 0.25) is 0 Å². The second-order valence-electron chi connectivity index (χ2n) is 3.04. The molecule has 0 unspecified atom stereocenters. The first-order valence-corrected chi connectivity index (χ1v) is 4.24. The van der Waals surface area contributed by atoms with Crippen LogP contribution in [0.5, 0.6) is 0 Å². The van der Waals surface area contributed by atoms with Gasteiger partial charge in [0.1, 0.15) is 17.2 Å². The van der Waals surface area contributed by atoms with E-state index in [4.69, 9.17) is 9.68 Å². The Morgan fingerprint density at radius 3 is 2.75 bits per heavy atom. The van der Waals surface area contributed by atoms with Crippen molar-refractivity contribution in [1.29, 1.82) is 5.26 Å². The van der Waals surface area contributed by atoms with Crippen LogP contribution >= 0.6 is 0 Å². The van der Waals surface area contributed by atoms with Crippen molar-refractivity contribution in [2.24, 2.45) is 0 Å². The first kappa shape index (κ1) is 9.86. The third-order valence-electron chi connectivity index (χ3n) is 2.05. The van der Waals surface area contributed by atoms with Crippen molar-refractivity contribution in [3.05, 3.63) is 50.4 Å². The molecule has 6 nitrogen and oxygen atoms in total. The molecule has 2 rings (SSSR count). The van der Waals surface area contributed by atoms with Gasteiger partial charge in [-0.3, -0.25) is 10.1 Å². The van der Waals surface area contributed by atoms with Gasteiger partial charge in [0, 0.05) is 17.5 Å². The Bertz CT molecular complexity index is 681. The largest absolute Gasteiger partial charge is 0.422 e. The average Bonchev–Trinajstić information content (AvgIpc) is 2.27. The summed E-state index contributed by atoms with van der Waals surface area (Å²) in [6.07, 6.45) is 0. The molecule has 78 valence electrons. The predicted octanol–water partition coefficient (Wildman–Crippen LogP) is 1.57. The summed E-state index contributed by atoms with van der Waals surface area (Å²) in [4.78, 5) is 21.1. The van der Waals surface area contributed by atoms with Gasteiger partial charge in [0.2, 0.25) is 0 Å². The minimum absolute atomic E-state index is 0.120. The van der Waals surface area contributed by atoms with Crippen molar-refractivity contribution in [2.45, 2.75) is 0 Å². The molecule has 0 amide bonds. The van der Waals surface area contributed by atoms with Gasteiger partial charge in [-0.2, -0.15) is 5.26 Å². The molecule has 1 aromatic heterocycles. The first-order chi connectivity index (χ1) is 7.61. The third kappa shape index (κ3) is 1.50. The third-order valence-corrected chi connectivity index (χ3v) is 2.05. The summed E-state index contributed by atoms with van der Waals surface area (Å²) in [6.45, 7) is 0. The summed E-state index contributed by atoms with van der Waals surface area (Å²) in [5.41, 5.74) is -0.823. The number of nitro benzene ring substituents is 1. The average molecular weight is 216 g/mol. The van der Waals surface area contributed by atoms with E-state index in [1.807, 2.05) is 0 Å². The van der Waals surface area contributed by atoms with E-state index in [9.17, 15) is 14.9 Å². The van der Waals surface area contributed by atoms with E-state index in [-0.39, 0.29) is 16.8 Å². The van der Waals surface area contributed by atoms with Crippen molar-refractivity contribution >= 4 is 16.7 Å². The molecule has 0 bridgehead atoms. The summed E-state index contributed by atoms with van der Waals surface area (Å²) in [5.74, 6) is 0. The van der Waals surface area contributed by atoms with E-state index in [1.54, 1.807) is 6.07 Å². The number of hydrogen-bond acceptors (Lipinski definition) is 5. The lowest BCUT2D eigenvalue weighted by Gasteiger charge is -1.96. The molecule has 0 aliphatic heterocycles. The van der Waals surface area contributed by atoms with E-state index < -0.39 is 10.5 Å². The normalized spacial score (nSPS) is 9.94. The smallest absolute Gasteiger partial charge is 0.354 e. The number of nitriles is 1. The van der Waals surface area contributed by atoms with Crippen molar-refractivity contribution in [3.63, 3.8) is 0 Å². The summed E-state index contributed by atoms with van der Waals surface area (Å²) < 4.78 is 4.82. The van der Waals surface area contributed by atoms with Gasteiger partial charge >= 0.3 is 5.63 Å². The quantitative estimate of drug-likeness (QED) is 0.409. The SMILES string of the molecule is N#Cc1cc2cc([N+](=O)[O-])ccc2oc1=O. The molecule has 1 heterocycles. The highest BCUT2D eigenvalue weighted by Gasteiger charge is 2.09. The maximum absolute atomic E-state index is 11.2. The highest BCUT2D eigenvalue weighted by Crippen LogP contribution is 2.20. The van der Waals surface area contributed by atoms with E-state index in [0.717, 1.165) is 0 Å². The molecule has 6 heteroatoms. The van der Waals surface area contributed by atoms with E-state index >= 15 is 0 Å². The maximum Gasteiger partial charge on any atom is 0.354 e. The fourth-order valence-corrected chi connectivity index (χ4v) is 1.30. The molecule has 0 saturated heterocycles. The van der Waals surface area contributed by atoms with Crippen LogP contribution in [0.4, 0.5) is 5.69 Å². The molecule has 0 spiro atoms. The number of non-ortho nitro benzene ring substituents is 1. The van der Waals surface area contributed by atoms with Gasteiger partial charge in [0.05, 0.1) is 4.92 Å². The predicted molar refractivity (Wildman–Crippen MR) is 53.9 cm³/mol. The highest BCUT2D eigenvalue weighted by molar-refractivity contribution is 5.80. The van der Waals surface area contributed by atoms with Gasteiger partial charge in [-0.15, -0.1) is 0 Å². The van der Waals surface area contributed by atoms with Crippen LogP contribution in [0, 0.1) is 21.4 Å². The number of nitro groups is 1. The molecule has 16 heavy (non-hydrogen) atoms. The van der Waals surface area contributed by atoms with Crippen LogP contribution in [-0.4, -0.2) is 4.92 Å². The number of fused-ring (bicyclic) bond motifs is 1. The Hall–Kier alpha value is -2.68. The number of hydrogen-bond donors (Lipinski definition) is 0. The zero-order chi connectivity index (χ0) is 11.7. The van der Waals surface area contributed by atoms with Crippen molar-refractivity contribution in [1.82, 2.24) is 0 Å². The lowest BCUT2D eigenvalue weighted by atomic mass is 10.2. The van der Waals surface area contributed by atoms with Gasteiger partial charge < -0.3 is 4.42 Å². The monoisotopic (exact) mass is 216 g/mol. The summed E-state index contributed by atoms with van der Waals surface area (Å²) >= 11 is 0. The van der Waals surface area contributed by atoms with E-state index in [2.05, 4.69) is 0 Å². The molecule has 2 aromatic rings. The van der Waals surface area contributed by atoms with E-state index in [1.165, 1.54) is 24.3 Å². The zero-order valence-corrected chi connectivity index (χ0v) is 7.84. The Kier molecular flexibility index (Phi) is 2.14. The minimum Gasteiger partial charge on any atom is -0.422 e. The number of nitrogens with zero attached hydrogens (tertiary/aromatic N) is 2. The molecule has 0 N–H and O–H groups in total. The van der Waals surface area contributed by atoms with Crippen LogP contribution < -0.4 is 5.63 Å². The highest BCUT2D eigenvalue weighted by atomic mass is 16.6. The molecular weight excluding hydrogens is 212 g/mol. The molecule has 0 aliphatic carbocycles. The molecule has 0 aliphatic rings. The second kappa shape index (κ2) is 3.47. The summed E-state index contributed by atoms with van der Waals surface area (Å²) in [6, 6.07) is 6.74. The van der Waals surface area contributed by atoms with Crippen LogP contribution in [0.25, 0.3) is 11.0 Å². The molecule has 0 atom stereocenters. The Morgan fingerprint density at radius 2 is 2.12 bits per heavy atom. The molecule has 0 radical (unpaired) electrons. The second-order valence-corrected chi connectivity index (χ2v) is 3.04. The van der Waals surface area contributed by atoms with Gasteiger partial charge in [-0.1, -0.05) is 0 Å². The first-order valence-electron chi connectivity index (χ1n) is 4.24. The lowest BCUT2D eigenvalue weighted by Crippen LogP contribution is -2.03. The minimum atomic E-state index is -0.746. The van der Waals surface area contributed by atoms with Crippen molar-refractivity contribution in [2.75, 3.05) is 0 Å². The molecular formula is C10H4N2O4. The van der Waals surface area contributed by atoms with Crippen LogP contribution in [-0.2, 0) is 0 Å². The topological polar surface area (TPSA) is 97.1 Å². The fourth-order valence-electron chi connectivity index (χ4n) is 1.30. The van der Waals surface area contributed by atoms with Crippen molar-refractivity contribution in [3.8, 4) is 6.07 Å². The number of benzene rings is 1. The van der Waals surface area contributed by atoms with Crippen LogP contribution in [0.3, 0.4) is 0 Å². The van der Waals surface area contributed by atoms with E-state index in [0.29, 0.717) is 5.39 Å². The van der Waals surface area contributed by atoms with Gasteiger partial charge in [-0.05, 0) is 12.1 Å². The van der Waals surface area contributed by atoms with Gasteiger partial charge in [0.25, 0.3) is 5.69 Å². The zero-order valence-electron chi connectivity index (χ0n) is 7.84. The molecule has 0 fully saturated rings. The lowest BCUT2D eigenvalue weighted by molar-refractivity contribution is -0.384. The Morgan fingerprint density at radius 1 is 1.38 bits per heavy atom. The maximum atomic E-state index is 11.2. The van der Waals surface area contributed by atoms with Crippen LogP contribution in [0.1, 0.15) is 5.56 Å². The standard InChI is InChI=1S/C10H4N2O4/c11-5-7-3-6-4-8(12(14)15)1-2-9(6)16-10(7)13/h1-4H. The van der Waals surface area contributed by atoms with Crippen LogP contribution in [0.15, 0.2) is 33.5 Å². The summed E-state index contributed by atoms with van der Waals surface area (Å²) in [7, 11) is 0. The Labute approximate surface area is 88.5 Å². The fraction of sp³-hybridized carbons (Fsp3) is 0. The summed E-state index contributed by atoms with van der Waals surface area (Å²) in [5, 5.41) is 19.5. The molecule has 0 saturated carbocycles. The van der Waals surface area contributed by atoms with Gasteiger partial charge in [0.15, 0.2) is 0 Å². The molecule has 1 aromatic carbocycles. The van der Waals surface area contributed by atoms with Gasteiger partial charge in [-0.25, -0.2) is 4.79 Å². The van der Waals surface area contributed by atoms with Crippen molar-refractivity contribution < 1.29 is 9.34 Å².